The van der Waals surface area contributed by atoms with Crippen molar-refractivity contribution >= 4 is 34.6 Å². The van der Waals surface area contributed by atoms with E-state index in [1.165, 1.54) is 24.3 Å². The number of aromatic nitrogens is 6. The molecule has 75 heavy (non-hydrogen) atoms. The molecule has 0 radical (unpaired) electrons. The van der Waals surface area contributed by atoms with Gasteiger partial charge in [-0.3, -0.25) is 23.9 Å². The van der Waals surface area contributed by atoms with Crippen LogP contribution < -0.4 is 21.2 Å². The second kappa shape index (κ2) is 20.2. The predicted octanol–water partition coefficient (Wildman–Crippen LogP) is 10.0. The van der Waals surface area contributed by atoms with Gasteiger partial charge in [0.2, 0.25) is 5.95 Å². The van der Waals surface area contributed by atoms with Gasteiger partial charge in [-0.15, -0.1) is 0 Å². The van der Waals surface area contributed by atoms with Crippen molar-refractivity contribution in [2.75, 3.05) is 62.2 Å². The number of imidazole rings is 2. The molecule has 4 aromatic heterocycles. The van der Waals surface area contributed by atoms with Gasteiger partial charge in [0, 0.05) is 148 Å². The Morgan fingerprint density at radius 3 is 1.60 bits per heavy atom. The van der Waals surface area contributed by atoms with E-state index >= 15 is 4.39 Å². The van der Waals surface area contributed by atoms with Crippen molar-refractivity contribution in [1.29, 1.82) is 0 Å². The predicted molar refractivity (Wildman–Crippen MR) is 298 cm³/mol. The van der Waals surface area contributed by atoms with Crippen LogP contribution in [0.1, 0.15) is 40.2 Å². The summed E-state index contributed by atoms with van der Waals surface area (Å²) in [5.74, 6) is -0.909. The van der Waals surface area contributed by atoms with Crippen LogP contribution in [0.25, 0.3) is 56.1 Å². The molecule has 10 rings (SSSR count). The highest BCUT2D eigenvalue weighted by molar-refractivity contribution is 6.33. The standard InChI is InChI=1S/C58H61Cl2FN10O4/c1-57(2,3)68-24-20-66(21-25-68)42-12-8-10-39(30-42)51-54(73)50(38-15-17-48(46(60)33-38)71-29-19-65(7)56(71)75)41(36-62-51)35-58(4,5)69-26-22-67(23-27-69)43-13-9-11-40(31-43)52-53(72)44(34-49(61)63-52)37-14-16-47(45(59)32-37)70-28-18-64(6)55(70)74/h8-19,28-34,36,72-73H,20-27,35H2,1-7H3. The Morgan fingerprint density at radius 2 is 1.09 bits per heavy atom. The summed E-state index contributed by atoms with van der Waals surface area (Å²) in [6.45, 7) is 17.7. The number of benzene rings is 4. The molecule has 2 aliphatic rings. The van der Waals surface area contributed by atoms with Crippen LogP contribution in [0.3, 0.4) is 0 Å². The highest BCUT2D eigenvalue weighted by Gasteiger charge is 2.33. The highest BCUT2D eigenvalue weighted by Crippen LogP contribution is 2.44. The van der Waals surface area contributed by atoms with Gasteiger partial charge in [0.1, 0.15) is 22.9 Å². The minimum absolute atomic E-state index is 0.0529. The third-order valence-corrected chi connectivity index (χ3v) is 15.6. The molecule has 2 fully saturated rings. The fourth-order valence-electron chi connectivity index (χ4n) is 10.6. The molecule has 2 N–H and O–H groups in total. The Hall–Kier alpha value is -7.17. The van der Waals surface area contributed by atoms with Crippen LogP contribution in [-0.2, 0) is 20.5 Å². The quantitative estimate of drug-likeness (QED) is 0.121. The fourth-order valence-corrected chi connectivity index (χ4v) is 11.2. The summed E-state index contributed by atoms with van der Waals surface area (Å²) in [5, 5.41) is 24.8. The number of hydrogen-bond acceptors (Lipinski definition) is 10. The van der Waals surface area contributed by atoms with Gasteiger partial charge in [-0.2, -0.15) is 4.39 Å². The number of pyridine rings is 2. The van der Waals surface area contributed by atoms with Crippen molar-refractivity contribution in [3.8, 4) is 67.6 Å². The Balaban J connectivity index is 0.901. The van der Waals surface area contributed by atoms with Crippen molar-refractivity contribution in [3.05, 3.63) is 165 Å². The summed E-state index contributed by atoms with van der Waals surface area (Å²) < 4.78 is 21.2. The van der Waals surface area contributed by atoms with E-state index in [1.807, 2.05) is 54.7 Å². The average Bonchev–Trinajstić information content (AvgIpc) is 3.91. The maximum atomic E-state index is 15.4. The SMILES string of the molecule is Cn1ccn(-c2ccc(-c3cc(F)nc(-c4cccc(N5CCN(C(C)(C)Cc6cnc(-c7cccc(N8CCN(C(C)(C)C)CC8)c7)c(O)c6-c6ccc(-n7ccn(C)c7=O)c(Cl)c6)CC5)c4)c3O)cc2Cl)c1=O. The number of aromatic hydroxyl groups is 2. The van der Waals surface area contributed by atoms with Crippen molar-refractivity contribution < 1.29 is 14.6 Å². The summed E-state index contributed by atoms with van der Waals surface area (Å²) in [4.78, 5) is 44.3. The van der Waals surface area contributed by atoms with Crippen LogP contribution >= 0.6 is 23.2 Å². The van der Waals surface area contributed by atoms with Crippen molar-refractivity contribution in [2.45, 2.75) is 52.1 Å². The molecule has 8 aromatic rings. The molecule has 2 saturated heterocycles. The first-order valence-corrected chi connectivity index (χ1v) is 25.9. The number of piperazine rings is 2. The molecular formula is C58H61Cl2FN10O4. The molecule has 17 heteroatoms. The molecule has 388 valence electrons. The second-order valence-electron chi connectivity index (χ2n) is 21.2. The van der Waals surface area contributed by atoms with Crippen molar-refractivity contribution in [1.82, 2.24) is 38.0 Å². The molecule has 2 aliphatic heterocycles. The van der Waals surface area contributed by atoms with E-state index in [-0.39, 0.29) is 44.7 Å². The van der Waals surface area contributed by atoms with E-state index in [0.29, 0.717) is 76.9 Å². The summed E-state index contributed by atoms with van der Waals surface area (Å²) >= 11 is 13.7. The van der Waals surface area contributed by atoms with Gasteiger partial charge in [-0.25, -0.2) is 14.6 Å². The molecular weight excluding hydrogens is 991 g/mol. The van der Waals surface area contributed by atoms with E-state index in [0.717, 1.165) is 48.7 Å². The molecule has 14 nitrogen and oxygen atoms in total. The van der Waals surface area contributed by atoms with E-state index in [9.17, 15) is 19.8 Å². The lowest BCUT2D eigenvalue weighted by molar-refractivity contribution is 0.112. The van der Waals surface area contributed by atoms with E-state index in [4.69, 9.17) is 28.2 Å². The smallest absolute Gasteiger partial charge is 0.332 e. The summed E-state index contributed by atoms with van der Waals surface area (Å²) in [6.07, 6.45) is 9.04. The number of rotatable bonds is 11. The van der Waals surface area contributed by atoms with Crippen LogP contribution in [0.5, 0.6) is 11.5 Å². The summed E-state index contributed by atoms with van der Waals surface area (Å²) in [6, 6.07) is 27.5. The van der Waals surface area contributed by atoms with Gasteiger partial charge in [0.25, 0.3) is 0 Å². The zero-order valence-electron chi connectivity index (χ0n) is 43.2. The molecule has 0 spiro atoms. The second-order valence-corrected chi connectivity index (χ2v) is 22.0. The lowest BCUT2D eigenvalue weighted by Crippen LogP contribution is -2.55. The fraction of sp³-hybridized carbons (Fsp3) is 0.310. The number of halogens is 3. The van der Waals surface area contributed by atoms with Gasteiger partial charge >= 0.3 is 11.4 Å². The number of aryl methyl sites for hydroxylation is 2. The first-order valence-electron chi connectivity index (χ1n) is 25.2. The molecule has 0 unspecified atom stereocenters. The minimum atomic E-state index is -0.765. The van der Waals surface area contributed by atoms with Crippen molar-refractivity contribution in [3.63, 3.8) is 0 Å². The molecule has 0 aliphatic carbocycles. The topological polar surface area (TPSA) is 133 Å². The molecule has 0 bridgehead atoms. The van der Waals surface area contributed by atoms with Gasteiger partial charge in [-0.1, -0.05) is 59.6 Å². The van der Waals surface area contributed by atoms with Gasteiger partial charge in [0.05, 0.1) is 21.4 Å². The van der Waals surface area contributed by atoms with Crippen LogP contribution in [0.4, 0.5) is 15.8 Å². The van der Waals surface area contributed by atoms with Gasteiger partial charge < -0.3 is 29.1 Å². The van der Waals surface area contributed by atoms with Gasteiger partial charge in [0.15, 0.2) is 0 Å². The lowest BCUT2D eigenvalue weighted by Gasteiger charge is -2.45. The zero-order valence-corrected chi connectivity index (χ0v) is 44.7. The lowest BCUT2D eigenvalue weighted by atomic mass is 9.87. The zero-order chi connectivity index (χ0) is 53.1. The average molecular weight is 1050 g/mol. The molecule has 0 amide bonds. The molecule has 4 aromatic carbocycles. The molecule has 6 heterocycles. The Bertz CT molecular complexity index is 3580. The van der Waals surface area contributed by atoms with Crippen LogP contribution in [0, 0.1) is 5.95 Å². The van der Waals surface area contributed by atoms with Crippen molar-refractivity contribution in [2.24, 2.45) is 14.1 Å². The third kappa shape index (κ3) is 10.1. The van der Waals surface area contributed by atoms with Crippen LogP contribution in [-0.4, -0.2) is 112 Å². The van der Waals surface area contributed by atoms with Crippen LogP contribution in [0.2, 0.25) is 10.0 Å². The first kappa shape index (κ1) is 51.3. The molecule has 0 saturated carbocycles. The number of hydrogen-bond donors (Lipinski definition) is 2. The highest BCUT2D eigenvalue weighted by atomic mass is 35.5. The Morgan fingerprint density at radius 1 is 0.587 bits per heavy atom. The third-order valence-electron chi connectivity index (χ3n) is 15.0. The first-order chi connectivity index (χ1) is 35.7. The maximum Gasteiger partial charge on any atom is 0.332 e. The number of anilines is 2. The normalized spacial score (nSPS) is 15.0. The monoisotopic (exact) mass is 1050 g/mol. The minimum Gasteiger partial charge on any atom is -0.505 e. The van der Waals surface area contributed by atoms with Gasteiger partial charge in [-0.05, 0) is 106 Å². The summed E-state index contributed by atoms with van der Waals surface area (Å²) in [5.41, 5.74) is 6.95. The largest absolute Gasteiger partial charge is 0.505 e. The van der Waals surface area contributed by atoms with E-state index in [1.54, 1.807) is 63.1 Å². The van der Waals surface area contributed by atoms with Crippen LogP contribution in [0.15, 0.2) is 132 Å². The maximum absolute atomic E-state index is 15.4. The molecule has 0 atom stereocenters. The Labute approximate surface area is 445 Å². The number of nitrogens with zero attached hydrogens (tertiary/aromatic N) is 10. The Kier molecular flexibility index (Phi) is 13.8. The van der Waals surface area contributed by atoms with E-state index in [2.05, 4.69) is 71.3 Å². The van der Waals surface area contributed by atoms with E-state index < -0.39 is 11.5 Å². The summed E-state index contributed by atoms with van der Waals surface area (Å²) in [7, 11) is 3.34.